The number of pyridine rings is 1. The summed E-state index contributed by atoms with van der Waals surface area (Å²) < 4.78 is 39.6. The molecule has 0 saturated heterocycles. The summed E-state index contributed by atoms with van der Waals surface area (Å²) in [5.74, 6) is -1.41. The number of hydrogen-bond donors (Lipinski definition) is 1. The standard InChI is InChI=1S/C15H13BF3NO3/c1-8-12(16-2)7-11(14(22)23)13(21)20(8)10-5-3-4-9(6-10)15(17,18)19/h3-7,16H,1-2H3,(H,22,23). The van der Waals surface area contributed by atoms with Crippen LogP contribution in [0.4, 0.5) is 13.2 Å². The average molecular weight is 323 g/mol. The van der Waals surface area contributed by atoms with E-state index in [1.165, 1.54) is 18.2 Å². The van der Waals surface area contributed by atoms with Crippen LogP contribution in [0.2, 0.25) is 6.82 Å². The van der Waals surface area contributed by atoms with Gasteiger partial charge < -0.3 is 5.11 Å². The fraction of sp³-hybridized carbons (Fsp3) is 0.200. The summed E-state index contributed by atoms with van der Waals surface area (Å²) in [5.41, 5.74) is -1.24. The Hall–Kier alpha value is -2.51. The minimum absolute atomic E-state index is 0.0138. The van der Waals surface area contributed by atoms with Crippen molar-refractivity contribution in [3.63, 3.8) is 0 Å². The van der Waals surface area contributed by atoms with Gasteiger partial charge in [0.05, 0.1) is 5.56 Å². The zero-order chi connectivity index (χ0) is 17.4. The van der Waals surface area contributed by atoms with E-state index in [2.05, 4.69) is 0 Å². The average Bonchev–Trinajstić information content (AvgIpc) is 2.46. The number of hydrogen-bond acceptors (Lipinski definition) is 2. The van der Waals surface area contributed by atoms with Crippen LogP contribution < -0.4 is 11.0 Å². The van der Waals surface area contributed by atoms with Crippen LogP contribution in [-0.2, 0) is 6.18 Å². The summed E-state index contributed by atoms with van der Waals surface area (Å²) in [6.07, 6.45) is -4.55. The molecule has 0 unspecified atom stereocenters. The quantitative estimate of drug-likeness (QED) is 0.879. The van der Waals surface area contributed by atoms with Gasteiger partial charge in [-0.2, -0.15) is 13.2 Å². The summed E-state index contributed by atoms with van der Waals surface area (Å²) >= 11 is 0. The molecule has 1 heterocycles. The second kappa shape index (κ2) is 5.94. The number of carboxylic acid groups (broad SMARTS) is 1. The van der Waals surface area contributed by atoms with Gasteiger partial charge in [0, 0.05) is 11.4 Å². The second-order valence-corrected chi connectivity index (χ2v) is 5.02. The number of halogens is 3. The molecule has 1 N–H and O–H groups in total. The zero-order valence-electron chi connectivity index (χ0n) is 12.4. The van der Waals surface area contributed by atoms with Crippen LogP contribution in [0, 0.1) is 6.92 Å². The van der Waals surface area contributed by atoms with Gasteiger partial charge in [0.2, 0.25) is 0 Å². The third kappa shape index (κ3) is 3.15. The van der Waals surface area contributed by atoms with Gasteiger partial charge in [-0.25, -0.2) is 4.79 Å². The maximum Gasteiger partial charge on any atom is 0.416 e. The fourth-order valence-electron chi connectivity index (χ4n) is 2.40. The minimum atomic E-state index is -4.55. The van der Waals surface area contributed by atoms with Crippen molar-refractivity contribution in [2.24, 2.45) is 0 Å². The van der Waals surface area contributed by atoms with Gasteiger partial charge in [-0.05, 0) is 31.2 Å². The molecule has 0 bridgehead atoms. The SMILES string of the molecule is CBc1cc(C(=O)O)c(=O)n(-c2cccc(C(F)(F)F)c2)c1C. The predicted molar refractivity (Wildman–Crippen MR) is 81.4 cm³/mol. The van der Waals surface area contributed by atoms with E-state index in [0.29, 0.717) is 18.4 Å². The normalized spacial score (nSPS) is 11.3. The molecule has 0 radical (unpaired) electrons. The highest BCUT2D eigenvalue weighted by Gasteiger charge is 2.31. The molecule has 0 aliphatic heterocycles. The van der Waals surface area contributed by atoms with Gasteiger partial charge in [-0.15, -0.1) is 0 Å². The lowest BCUT2D eigenvalue weighted by Gasteiger charge is -2.16. The summed E-state index contributed by atoms with van der Waals surface area (Å²) in [4.78, 5) is 23.6. The third-order valence-corrected chi connectivity index (χ3v) is 3.60. The first-order valence-corrected chi connectivity index (χ1v) is 6.83. The first-order chi connectivity index (χ1) is 10.7. The molecule has 0 saturated carbocycles. The first-order valence-electron chi connectivity index (χ1n) is 6.83. The Morgan fingerprint density at radius 1 is 1.26 bits per heavy atom. The molecular formula is C15H13BF3NO3. The highest BCUT2D eigenvalue weighted by atomic mass is 19.4. The van der Waals surface area contributed by atoms with Gasteiger partial charge in [-0.3, -0.25) is 9.36 Å². The van der Waals surface area contributed by atoms with Crippen molar-refractivity contribution < 1.29 is 23.1 Å². The molecule has 0 fully saturated rings. The molecule has 1 aromatic carbocycles. The number of alkyl halides is 3. The van der Waals surface area contributed by atoms with Gasteiger partial charge in [-0.1, -0.05) is 18.4 Å². The largest absolute Gasteiger partial charge is 0.477 e. The van der Waals surface area contributed by atoms with Crippen LogP contribution in [0.3, 0.4) is 0 Å². The summed E-state index contributed by atoms with van der Waals surface area (Å²) in [6, 6.07) is 5.52. The molecule has 8 heteroatoms. The van der Waals surface area contributed by atoms with Crippen molar-refractivity contribution in [2.75, 3.05) is 0 Å². The number of aromatic carboxylic acids is 1. The molecule has 23 heavy (non-hydrogen) atoms. The molecule has 0 aliphatic carbocycles. The molecule has 4 nitrogen and oxygen atoms in total. The van der Waals surface area contributed by atoms with Gasteiger partial charge in [0.1, 0.15) is 5.56 Å². The van der Waals surface area contributed by atoms with Crippen molar-refractivity contribution >= 4 is 18.7 Å². The van der Waals surface area contributed by atoms with Crippen LogP contribution in [0.15, 0.2) is 35.1 Å². The van der Waals surface area contributed by atoms with Gasteiger partial charge in [0.25, 0.3) is 5.56 Å². The Labute approximate surface area is 130 Å². The Kier molecular flexibility index (Phi) is 4.36. The zero-order valence-corrected chi connectivity index (χ0v) is 12.4. The Balaban J connectivity index is 2.80. The van der Waals surface area contributed by atoms with Crippen molar-refractivity contribution in [2.45, 2.75) is 19.9 Å². The maximum atomic E-state index is 12.9. The van der Waals surface area contributed by atoms with Gasteiger partial charge in [0.15, 0.2) is 7.28 Å². The number of benzene rings is 1. The lowest BCUT2D eigenvalue weighted by molar-refractivity contribution is -0.137. The lowest BCUT2D eigenvalue weighted by atomic mass is 9.72. The van der Waals surface area contributed by atoms with Crippen molar-refractivity contribution in [3.8, 4) is 5.69 Å². The van der Waals surface area contributed by atoms with Crippen molar-refractivity contribution in [1.29, 1.82) is 0 Å². The number of aromatic nitrogens is 1. The highest BCUT2D eigenvalue weighted by molar-refractivity contribution is 6.52. The minimum Gasteiger partial charge on any atom is -0.477 e. The topological polar surface area (TPSA) is 59.3 Å². The molecule has 1 aromatic heterocycles. The van der Waals surface area contributed by atoms with Crippen LogP contribution >= 0.6 is 0 Å². The predicted octanol–water partition coefficient (Wildman–Crippen LogP) is 1.97. The smallest absolute Gasteiger partial charge is 0.416 e. The van der Waals surface area contributed by atoms with Crippen LogP contribution in [0.5, 0.6) is 0 Å². The molecule has 2 aromatic rings. The summed E-state index contributed by atoms with van der Waals surface area (Å²) in [5, 5.41) is 9.14. The fourth-order valence-corrected chi connectivity index (χ4v) is 2.40. The third-order valence-electron chi connectivity index (χ3n) is 3.60. The number of carboxylic acids is 1. The molecule has 0 amide bonds. The maximum absolute atomic E-state index is 12.9. The first kappa shape index (κ1) is 16.9. The van der Waals surface area contributed by atoms with E-state index in [-0.39, 0.29) is 5.69 Å². The molecule has 2 rings (SSSR count). The number of carbonyl (C=O) groups is 1. The van der Waals surface area contributed by atoms with E-state index in [9.17, 15) is 22.8 Å². The molecule has 0 atom stereocenters. The van der Waals surface area contributed by atoms with E-state index in [4.69, 9.17) is 5.11 Å². The highest BCUT2D eigenvalue weighted by Crippen LogP contribution is 2.30. The molecule has 0 aliphatic rings. The molecule has 0 spiro atoms. The van der Waals surface area contributed by atoms with E-state index in [1.807, 2.05) is 0 Å². The second-order valence-electron chi connectivity index (χ2n) is 5.02. The van der Waals surface area contributed by atoms with Crippen LogP contribution in [0.1, 0.15) is 21.6 Å². The summed E-state index contributed by atoms with van der Waals surface area (Å²) in [6.45, 7) is 3.35. The monoisotopic (exact) mass is 323 g/mol. The van der Waals surface area contributed by atoms with E-state index < -0.39 is 28.8 Å². The van der Waals surface area contributed by atoms with Gasteiger partial charge >= 0.3 is 12.1 Å². The van der Waals surface area contributed by atoms with E-state index in [0.717, 1.165) is 16.7 Å². The van der Waals surface area contributed by atoms with Crippen LogP contribution in [-0.4, -0.2) is 22.9 Å². The number of nitrogens with zero attached hydrogens (tertiary/aromatic N) is 1. The van der Waals surface area contributed by atoms with Crippen LogP contribution in [0.25, 0.3) is 5.69 Å². The van der Waals surface area contributed by atoms with E-state index >= 15 is 0 Å². The summed E-state index contributed by atoms with van der Waals surface area (Å²) in [7, 11) is 0.450. The lowest BCUT2D eigenvalue weighted by Crippen LogP contribution is -2.34. The molecular weight excluding hydrogens is 310 g/mol. The number of rotatable bonds is 3. The Morgan fingerprint density at radius 3 is 2.43 bits per heavy atom. The van der Waals surface area contributed by atoms with E-state index in [1.54, 1.807) is 13.7 Å². The Morgan fingerprint density at radius 2 is 1.91 bits per heavy atom. The molecule has 120 valence electrons. The van der Waals surface area contributed by atoms with Crippen molar-refractivity contribution in [1.82, 2.24) is 4.57 Å². The van der Waals surface area contributed by atoms with Crippen molar-refractivity contribution in [3.05, 3.63) is 57.5 Å². The Bertz CT molecular complexity index is 828.